The van der Waals surface area contributed by atoms with Crippen LogP contribution in [0.4, 0.5) is 0 Å². The Hall–Kier alpha value is -3.11. The maximum absolute atomic E-state index is 12.6. The monoisotopic (exact) mass is 690 g/mol. The summed E-state index contributed by atoms with van der Waals surface area (Å²) in [5.74, 6) is -0.820. The Kier molecular flexibility index (Phi) is 12.0. The molecule has 0 radical (unpaired) electrons. The molecular formula is C39H40Cl2O7. The van der Waals surface area contributed by atoms with E-state index in [1.807, 2.05) is 121 Å². The van der Waals surface area contributed by atoms with E-state index >= 15 is 0 Å². The van der Waals surface area contributed by atoms with Crippen molar-refractivity contribution in [2.45, 2.75) is 74.5 Å². The third-order valence-electron chi connectivity index (χ3n) is 8.67. The molecule has 252 valence electrons. The summed E-state index contributed by atoms with van der Waals surface area (Å²) >= 11 is 13.0. The summed E-state index contributed by atoms with van der Waals surface area (Å²) in [6.45, 7) is 3.16. The molecule has 0 unspecified atom stereocenters. The summed E-state index contributed by atoms with van der Waals surface area (Å²) in [5.41, 5.74) is 3.98. The minimum absolute atomic E-state index is 0.177. The van der Waals surface area contributed by atoms with Gasteiger partial charge in [-0.25, -0.2) is 0 Å². The lowest BCUT2D eigenvalue weighted by Crippen LogP contribution is -2.66. The van der Waals surface area contributed by atoms with Crippen LogP contribution in [0.15, 0.2) is 121 Å². The van der Waals surface area contributed by atoms with E-state index in [4.69, 9.17) is 51.6 Å². The molecule has 2 aliphatic rings. The summed E-state index contributed by atoms with van der Waals surface area (Å²) in [6, 6.07) is 39.6. The second-order valence-corrected chi connectivity index (χ2v) is 13.5. The first kappa shape index (κ1) is 34.7. The van der Waals surface area contributed by atoms with E-state index in [2.05, 4.69) is 0 Å². The molecule has 7 nitrogen and oxygen atoms in total. The molecule has 1 aliphatic heterocycles. The van der Waals surface area contributed by atoms with E-state index < -0.39 is 47.1 Å². The minimum atomic E-state index is -1.70. The number of hydrogen-bond donors (Lipinski definition) is 0. The van der Waals surface area contributed by atoms with Crippen LogP contribution in [-0.2, 0) is 59.6 Å². The van der Waals surface area contributed by atoms with Crippen molar-refractivity contribution < 1.29 is 33.2 Å². The molecule has 0 amide bonds. The van der Waals surface area contributed by atoms with Crippen molar-refractivity contribution in [2.75, 3.05) is 6.61 Å². The van der Waals surface area contributed by atoms with Crippen molar-refractivity contribution in [2.24, 2.45) is 5.92 Å². The summed E-state index contributed by atoms with van der Waals surface area (Å²) < 4.78 is 37.7. The van der Waals surface area contributed by atoms with E-state index in [1.54, 1.807) is 6.92 Å². The fraction of sp³-hybridized carbons (Fsp3) is 0.359. The van der Waals surface area contributed by atoms with E-state index in [9.17, 15) is 4.79 Å². The highest BCUT2D eigenvalue weighted by Gasteiger charge is 2.62. The van der Waals surface area contributed by atoms with Crippen LogP contribution in [0.3, 0.4) is 0 Å². The van der Waals surface area contributed by atoms with Crippen LogP contribution in [0.2, 0.25) is 0 Å². The number of halogens is 2. The molecule has 1 saturated heterocycles. The van der Waals surface area contributed by atoms with Gasteiger partial charge >= 0.3 is 0 Å². The number of ether oxygens (including phenoxy) is 6. The molecule has 0 bridgehead atoms. The van der Waals surface area contributed by atoms with Gasteiger partial charge in [-0.3, -0.25) is 4.79 Å². The molecule has 48 heavy (non-hydrogen) atoms. The highest BCUT2D eigenvalue weighted by molar-refractivity contribution is 6.61. The molecule has 0 aromatic heterocycles. The van der Waals surface area contributed by atoms with E-state index in [-0.39, 0.29) is 19.0 Å². The van der Waals surface area contributed by atoms with Crippen LogP contribution in [0.1, 0.15) is 29.2 Å². The molecule has 2 fully saturated rings. The Bertz CT molecular complexity index is 1560. The molecule has 1 aliphatic carbocycles. The maximum atomic E-state index is 12.6. The quantitative estimate of drug-likeness (QED) is 0.120. The summed E-state index contributed by atoms with van der Waals surface area (Å²) in [7, 11) is 0. The molecule has 1 heterocycles. The number of benzene rings is 4. The summed E-state index contributed by atoms with van der Waals surface area (Å²) in [6.07, 6.45) is -4.54. The van der Waals surface area contributed by atoms with Gasteiger partial charge in [-0.05, 0) is 22.3 Å². The summed E-state index contributed by atoms with van der Waals surface area (Å²) in [5, 5.41) is 0. The number of ketones is 1. The largest absolute Gasteiger partial charge is 0.374 e. The third-order valence-corrected chi connectivity index (χ3v) is 9.48. The second kappa shape index (κ2) is 16.5. The number of hydrogen-bond acceptors (Lipinski definition) is 7. The van der Waals surface area contributed by atoms with Gasteiger partial charge in [0.15, 0.2) is 12.1 Å². The van der Waals surface area contributed by atoms with Crippen LogP contribution < -0.4 is 0 Å². The molecule has 4 aromatic carbocycles. The molecular weight excluding hydrogens is 651 g/mol. The molecule has 0 N–H and O–H groups in total. The Morgan fingerprint density at radius 2 is 1.02 bits per heavy atom. The van der Waals surface area contributed by atoms with Crippen molar-refractivity contribution in [3.05, 3.63) is 144 Å². The van der Waals surface area contributed by atoms with Gasteiger partial charge in [0.25, 0.3) is 0 Å². The number of carbonyl (C=O) groups is 1. The van der Waals surface area contributed by atoms with Gasteiger partial charge in [-0.1, -0.05) is 151 Å². The van der Waals surface area contributed by atoms with Crippen LogP contribution in [0.25, 0.3) is 0 Å². The first-order valence-electron chi connectivity index (χ1n) is 16.2. The van der Waals surface area contributed by atoms with Gasteiger partial charge in [-0.15, -0.1) is 0 Å². The zero-order chi connectivity index (χ0) is 33.3. The summed E-state index contributed by atoms with van der Waals surface area (Å²) in [4.78, 5) is 12.6. The van der Waals surface area contributed by atoms with Crippen LogP contribution in [0.5, 0.6) is 0 Å². The van der Waals surface area contributed by atoms with Crippen molar-refractivity contribution >= 4 is 29.0 Å². The van der Waals surface area contributed by atoms with E-state index in [0.717, 1.165) is 22.3 Å². The van der Waals surface area contributed by atoms with E-state index in [0.29, 0.717) is 19.8 Å². The highest BCUT2D eigenvalue weighted by Crippen LogP contribution is 2.47. The normalized spacial score (nSPS) is 26.6. The molecule has 6 rings (SSSR count). The lowest BCUT2D eigenvalue weighted by atomic mass is 9.80. The molecule has 0 spiro atoms. The van der Waals surface area contributed by atoms with Crippen LogP contribution in [0, 0.1) is 5.92 Å². The van der Waals surface area contributed by atoms with Crippen LogP contribution in [-0.4, -0.2) is 53.5 Å². The van der Waals surface area contributed by atoms with Crippen molar-refractivity contribution in [3.63, 3.8) is 0 Å². The van der Waals surface area contributed by atoms with Crippen molar-refractivity contribution in [1.82, 2.24) is 0 Å². The molecule has 1 saturated carbocycles. The number of alkyl halides is 2. The lowest BCUT2D eigenvalue weighted by molar-refractivity contribution is -0.341. The molecule has 4 aromatic rings. The molecule has 7 atom stereocenters. The van der Waals surface area contributed by atoms with E-state index in [1.165, 1.54) is 0 Å². The van der Waals surface area contributed by atoms with Gasteiger partial charge in [0.05, 0.1) is 33.0 Å². The maximum Gasteiger partial charge on any atom is 0.202 e. The molecule has 9 heteroatoms. The standard InChI is InChI=1S/C39H40Cl2O7/c1-27-36(42)39(40,41)37(27)48-38-35(46-25-31-20-12-5-13-21-31)34(45-24-30-18-10-4-11-19-30)33(44-23-29-16-8-3-9-17-29)32(47-38)26-43-22-28-14-6-2-7-15-28/h2-21,27,32-35,37-38H,22-26H2,1H3/t27-,32-,33+,34+,35-,37+,38+/m1/s1. The lowest BCUT2D eigenvalue weighted by Gasteiger charge is -2.50. The Morgan fingerprint density at radius 1 is 0.604 bits per heavy atom. The topological polar surface area (TPSA) is 72.5 Å². The van der Waals surface area contributed by atoms with Gasteiger partial charge < -0.3 is 28.4 Å². The first-order valence-corrected chi connectivity index (χ1v) is 17.0. The SMILES string of the molecule is C[C@@H]1C(=O)C(Cl)(Cl)[C@H]1O[C@@H]1O[C@H](COCc2ccccc2)[C@H](OCc2ccccc2)[C@H](OCc2ccccc2)[C@H]1OCc1ccccc1. The minimum Gasteiger partial charge on any atom is -0.374 e. The van der Waals surface area contributed by atoms with Crippen LogP contribution >= 0.6 is 23.2 Å². The fourth-order valence-corrected chi connectivity index (χ4v) is 6.83. The fourth-order valence-electron chi connectivity index (χ4n) is 6.00. The van der Waals surface area contributed by atoms with Gasteiger partial charge in [-0.2, -0.15) is 0 Å². The average molecular weight is 692 g/mol. The number of Topliss-reactive ketones (excluding diaryl/α,β-unsaturated/α-hetero) is 1. The van der Waals surface area contributed by atoms with Gasteiger partial charge in [0, 0.05) is 5.92 Å². The zero-order valence-corrected chi connectivity index (χ0v) is 28.2. The average Bonchev–Trinajstić information content (AvgIpc) is 3.13. The third kappa shape index (κ3) is 8.54. The Labute approximate surface area is 292 Å². The second-order valence-electron chi connectivity index (χ2n) is 12.2. The predicted molar refractivity (Wildman–Crippen MR) is 183 cm³/mol. The smallest absolute Gasteiger partial charge is 0.202 e. The number of carbonyl (C=O) groups excluding carboxylic acids is 1. The van der Waals surface area contributed by atoms with Crippen molar-refractivity contribution in [3.8, 4) is 0 Å². The Morgan fingerprint density at radius 3 is 1.48 bits per heavy atom. The highest BCUT2D eigenvalue weighted by atomic mass is 35.5. The van der Waals surface area contributed by atoms with Gasteiger partial charge in [0.1, 0.15) is 30.5 Å². The number of rotatable bonds is 15. The van der Waals surface area contributed by atoms with Gasteiger partial charge in [0.2, 0.25) is 4.33 Å². The first-order chi connectivity index (χ1) is 23.4. The Balaban J connectivity index is 1.32. The van der Waals surface area contributed by atoms with Crippen molar-refractivity contribution in [1.29, 1.82) is 0 Å². The zero-order valence-electron chi connectivity index (χ0n) is 26.7. The predicted octanol–water partition coefficient (Wildman–Crippen LogP) is 7.46.